The minimum atomic E-state index is -0.358. The first-order chi connectivity index (χ1) is 15.2. The summed E-state index contributed by atoms with van der Waals surface area (Å²) in [7, 11) is 0. The largest absolute Gasteiger partial charge is 0.466 e. The number of carbonyl (C=O) groups excluding carboxylic acids is 2. The Kier molecular flexibility index (Phi) is 17.3. The molecule has 0 saturated heterocycles. The molecule has 0 aliphatic heterocycles. The van der Waals surface area contributed by atoms with E-state index in [1.807, 2.05) is 6.07 Å². The molecule has 1 aromatic carbocycles. The van der Waals surface area contributed by atoms with Gasteiger partial charge >= 0.3 is 11.9 Å². The monoisotopic (exact) mass is 442 g/mol. The van der Waals surface area contributed by atoms with Crippen LogP contribution in [0.15, 0.2) is 30.3 Å². The maximum absolute atomic E-state index is 11.7. The molecule has 31 heavy (non-hydrogen) atoms. The summed E-state index contributed by atoms with van der Waals surface area (Å²) in [6, 6.07) is 8.82. The Hall–Kier alpha value is -2.04. The van der Waals surface area contributed by atoms with E-state index in [-0.39, 0.29) is 25.0 Å². The van der Waals surface area contributed by atoms with E-state index in [9.17, 15) is 9.59 Å². The highest BCUT2D eigenvalue weighted by Crippen LogP contribution is 2.00. The number of benzene rings is 1. The SMILES string of the molecule is CCOC(=O)CCOCCOCCOCCOCCOCCOC(=O)c1ccccc1. The van der Waals surface area contributed by atoms with Crippen LogP contribution in [0.2, 0.25) is 0 Å². The highest BCUT2D eigenvalue weighted by Gasteiger charge is 2.05. The molecule has 0 N–H and O–H groups in total. The van der Waals surface area contributed by atoms with Crippen LogP contribution in [0.5, 0.6) is 0 Å². The molecule has 0 spiro atoms. The molecule has 0 aromatic heterocycles. The molecule has 0 bridgehead atoms. The molecule has 0 aliphatic rings. The fourth-order valence-corrected chi connectivity index (χ4v) is 2.22. The summed E-state index contributed by atoms with van der Waals surface area (Å²) in [5.74, 6) is -0.613. The molecule has 0 unspecified atom stereocenters. The summed E-state index contributed by atoms with van der Waals surface area (Å²) in [5.41, 5.74) is 0.524. The van der Waals surface area contributed by atoms with Crippen molar-refractivity contribution < 1.29 is 42.7 Å². The van der Waals surface area contributed by atoms with Crippen molar-refractivity contribution in [3.63, 3.8) is 0 Å². The Balaban J connectivity index is 1.73. The fraction of sp³-hybridized carbons (Fsp3) is 0.636. The molecule has 1 rings (SSSR count). The molecule has 9 nitrogen and oxygen atoms in total. The first-order valence-electron chi connectivity index (χ1n) is 10.5. The number of hydrogen-bond donors (Lipinski definition) is 0. The van der Waals surface area contributed by atoms with Gasteiger partial charge in [-0.2, -0.15) is 0 Å². The van der Waals surface area contributed by atoms with Gasteiger partial charge in [0.25, 0.3) is 0 Å². The second kappa shape index (κ2) is 19.9. The van der Waals surface area contributed by atoms with Crippen molar-refractivity contribution in [1.82, 2.24) is 0 Å². The topological polar surface area (TPSA) is 98.8 Å². The van der Waals surface area contributed by atoms with Crippen LogP contribution in [0.4, 0.5) is 0 Å². The Bertz CT molecular complexity index is 565. The van der Waals surface area contributed by atoms with Gasteiger partial charge in [-0.1, -0.05) is 18.2 Å². The highest BCUT2D eigenvalue weighted by atomic mass is 16.6. The van der Waals surface area contributed by atoms with Crippen LogP contribution in [0.25, 0.3) is 0 Å². The number of rotatable bonds is 20. The van der Waals surface area contributed by atoms with Gasteiger partial charge in [0.2, 0.25) is 0 Å². The molecule has 0 aliphatic carbocycles. The number of carbonyl (C=O) groups is 2. The van der Waals surface area contributed by atoms with Gasteiger partial charge < -0.3 is 33.2 Å². The lowest BCUT2D eigenvalue weighted by atomic mass is 10.2. The van der Waals surface area contributed by atoms with E-state index in [0.29, 0.717) is 78.2 Å². The summed E-state index contributed by atoms with van der Waals surface area (Å²) < 4.78 is 36.6. The van der Waals surface area contributed by atoms with Gasteiger partial charge in [0.05, 0.1) is 84.7 Å². The maximum atomic E-state index is 11.7. The normalized spacial score (nSPS) is 10.7. The van der Waals surface area contributed by atoms with E-state index in [2.05, 4.69) is 0 Å². The van der Waals surface area contributed by atoms with Gasteiger partial charge in [-0.05, 0) is 19.1 Å². The molecular weight excluding hydrogens is 408 g/mol. The van der Waals surface area contributed by atoms with Crippen molar-refractivity contribution in [2.75, 3.05) is 79.3 Å². The minimum Gasteiger partial charge on any atom is -0.466 e. The van der Waals surface area contributed by atoms with Crippen LogP contribution in [0.1, 0.15) is 23.7 Å². The average molecular weight is 443 g/mol. The van der Waals surface area contributed by atoms with Gasteiger partial charge in [0.1, 0.15) is 6.61 Å². The molecule has 9 heteroatoms. The van der Waals surface area contributed by atoms with Gasteiger partial charge in [-0.3, -0.25) is 4.79 Å². The lowest BCUT2D eigenvalue weighted by molar-refractivity contribution is -0.144. The molecular formula is C22H34O9. The molecule has 0 heterocycles. The quantitative estimate of drug-likeness (QED) is 0.221. The summed E-state index contributed by atoms with van der Waals surface area (Å²) in [6.07, 6.45) is 0.254. The van der Waals surface area contributed by atoms with Gasteiger partial charge in [-0.25, -0.2) is 4.79 Å². The summed E-state index contributed by atoms with van der Waals surface area (Å²) >= 11 is 0. The minimum absolute atomic E-state index is 0.202. The van der Waals surface area contributed by atoms with E-state index in [1.165, 1.54) is 0 Å². The van der Waals surface area contributed by atoms with Gasteiger partial charge in [0.15, 0.2) is 0 Å². The summed E-state index contributed by atoms with van der Waals surface area (Å²) in [6.45, 7) is 6.60. The predicted octanol–water partition coefficient (Wildman–Crippen LogP) is 1.88. The van der Waals surface area contributed by atoms with Gasteiger partial charge in [0, 0.05) is 0 Å². The van der Waals surface area contributed by atoms with Crippen molar-refractivity contribution in [2.24, 2.45) is 0 Å². The third kappa shape index (κ3) is 16.3. The summed E-state index contributed by atoms with van der Waals surface area (Å²) in [5, 5.41) is 0. The van der Waals surface area contributed by atoms with Crippen molar-refractivity contribution in [1.29, 1.82) is 0 Å². The molecule has 0 fully saturated rings. The lowest BCUT2D eigenvalue weighted by Gasteiger charge is -2.08. The van der Waals surface area contributed by atoms with E-state index in [1.54, 1.807) is 31.2 Å². The van der Waals surface area contributed by atoms with Crippen LogP contribution < -0.4 is 0 Å². The molecule has 0 radical (unpaired) electrons. The lowest BCUT2D eigenvalue weighted by Crippen LogP contribution is -2.15. The van der Waals surface area contributed by atoms with E-state index in [4.69, 9.17) is 33.2 Å². The molecule has 0 amide bonds. The summed E-state index contributed by atoms with van der Waals surface area (Å²) in [4.78, 5) is 22.8. The average Bonchev–Trinajstić information content (AvgIpc) is 2.79. The van der Waals surface area contributed by atoms with Crippen molar-refractivity contribution >= 4 is 11.9 Å². The second-order valence-corrected chi connectivity index (χ2v) is 6.12. The van der Waals surface area contributed by atoms with E-state index in [0.717, 1.165) is 0 Å². The molecule has 176 valence electrons. The third-order valence-corrected chi connectivity index (χ3v) is 3.71. The third-order valence-electron chi connectivity index (χ3n) is 3.71. The maximum Gasteiger partial charge on any atom is 0.338 e. The standard InChI is InChI=1S/C22H34O9/c1-2-30-21(23)8-9-25-10-11-26-12-13-27-14-15-28-16-17-29-18-19-31-22(24)20-6-4-3-5-7-20/h3-7H,2,8-19H2,1H3. The van der Waals surface area contributed by atoms with Crippen LogP contribution in [-0.2, 0) is 38.0 Å². The Morgan fingerprint density at radius 1 is 0.613 bits per heavy atom. The Labute approximate surface area is 183 Å². The van der Waals surface area contributed by atoms with E-state index < -0.39 is 0 Å². The first kappa shape index (κ1) is 27.0. The van der Waals surface area contributed by atoms with Crippen LogP contribution in [0.3, 0.4) is 0 Å². The number of esters is 2. The second-order valence-electron chi connectivity index (χ2n) is 6.12. The molecule has 1 aromatic rings. The highest BCUT2D eigenvalue weighted by molar-refractivity contribution is 5.89. The zero-order valence-corrected chi connectivity index (χ0v) is 18.3. The smallest absolute Gasteiger partial charge is 0.338 e. The Morgan fingerprint density at radius 3 is 1.55 bits per heavy atom. The molecule has 0 atom stereocenters. The fourth-order valence-electron chi connectivity index (χ4n) is 2.22. The number of ether oxygens (including phenoxy) is 7. The zero-order chi connectivity index (χ0) is 22.4. The van der Waals surface area contributed by atoms with Crippen molar-refractivity contribution in [2.45, 2.75) is 13.3 Å². The number of hydrogen-bond acceptors (Lipinski definition) is 9. The van der Waals surface area contributed by atoms with Crippen LogP contribution in [0, 0.1) is 0 Å². The van der Waals surface area contributed by atoms with Crippen molar-refractivity contribution in [3.8, 4) is 0 Å². The zero-order valence-electron chi connectivity index (χ0n) is 18.3. The predicted molar refractivity (Wildman–Crippen MR) is 112 cm³/mol. The first-order valence-corrected chi connectivity index (χ1v) is 10.5. The Morgan fingerprint density at radius 2 is 1.06 bits per heavy atom. The molecule has 0 saturated carbocycles. The van der Waals surface area contributed by atoms with Crippen LogP contribution in [-0.4, -0.2) is 91.2 Å². The van der Waals surface area contributed by atoms with Crippen LogP contribution >= 0.6 is 0 Å². The van der Waals surface area contributed by atoms with E-state index >= 15 is 0 Å². The van der Waals surface area contributed by atoms with Gasteiger partial charge in [-0.15, -0.1) is 0 Å². The van der Waals surface area contributed by atoms with Crippen molar-refractivity contribution in [3.05, 3.63) is 35.9 Å².